The minimum atomic E-state index is 0.988. The molecule has 0 radical (unpaired) electrons. The van der Waals surface area contributed by atoms with Gasteiger partial charge in [-0.15, -0.1) is 0 Å². The molecule has 3 rings (SSSR count). The van der Waals surface area contributed by atoms with Crippen LogP contribution in [0.15, 0.2) is 42.5 Å². The molecule has 0 saturated heterocycles. The third-order valence-electron chi connectivity index (χ3n) is 3.65. The summed E-state index contributed by atoms with van der Waals surface area (Å²) in [5, 5.41) is 2.73. The lowest BCUT2D eigenvalue weighted by Crippen LogP contribution is -2.10. The maximum atomic E-state index is 2.39. The Labute approximate surface area is 114 Å². The first kappa shape index (κ1) is 12.2. The standard InChI is InChI=1S/C17H20N2/c1-4-19-16-8-6-5-7-14(16)15-11-13(12-18(2)3)9-10-17(15)19/h5-11H,4,12H2,1-3H3. The average Bonchev–Trinajstić information content (AvgIpc) is 2.71. The third-order valence-corrected chi connectivity index (χ3v) is 3.65. The topological polar surface area (TPSA) is 8.17 Å². The molecule has 0 bridgehead atoms. The molecular weight excluding hydrogens is 232 g/mol. The zero-order valence-electron chi connectivity index (χ0n) is 11.9. The highest BCUT2D eigenvalue weighted by Crippen LogP contribution is 2.29. The van der Waals surface area contributed by atoms with E-state index in [-0.39, 0.29) is 0 Å². The fraction of sp³-hybridized carbons (Fsp3) is 0.294. The molecule has 0 N–H and O–H groups in total. The zero-order valence-corrected chi connectivity index (χ0v) is 11.9. The van der Waals surface area contributed by atoms with E-state index in [0.717, 1.165) is 13.1 Å². The van der Waals surface area contributed by atoms with Crippen molar-refractivity contribution in [2.75, 3.05) is 14.1 Å². The van der Waals surface area contributed by atoms with Crippen LogP contribution in [0.25, 0.3) is 21.8 Å². The monoisotopic (exact) mass is 252 g/mol. The number of para-hydroxylation sites is 1. The molecule has 0 fully saturated rings. The van der Waals surface area contributed by atoms with Crippen molar-refractivity contribution in [3.05, 3.63) is 48.0 Å². The highest BCUT2D eigenvalue weighted by molar-refractivity contribution is 6.08. The lowest BCUT2D eigenvalue weighted by Gasteiger charge is -2.10. The number of hydrogen-bond acceptors (Lipinski definition) is 1. The molecule has 0 unspecified atom stereocenters. The molecule has 19 heavy (non-hydrogen) atoms. The number of nitrogens with zero attached hydrogens (tertiary/aromatic N) is 2. The minimum Gasteiger partial charge on any atom is -0.341 e. The Morgan fingerprint density at radius 1 is 0.947 bits per heavy atom. The molecule has 0 aliphatic carbocycles. The second-order valence-corrected chi connectivity index (χ2v) is 5.35. The van der Waals surface area contributed by atoms with E-state index < -0.39 is 0 Å². The number of aryl methyl sites for hydroxylation is 1. The molecule has 2 nitrogen and oxygen atoms in total. The van der Waals surface area contributed by atoms with Crippen molar-refractivity contribution in [3.63, 3.8) is 0 Å². The second kappa shape index (κ2) is 4.71. The summed E-state index contributed by atoms with van der Waals surface area (Å²) in [6, 6.07) is 15.5. The Hall–Kier alpha value is -1.80. The van der Waals surface area contributed by atoms with Gasteiger partial charge >= 0.3 is 0 Å². The highest BCUT2D eigenvalue weighted by atomic mass is 15.0. The van der Waals surface area contributed by atoms with E-state index in [2.05, 4.69) is 73.0 Å². The summed E-state index contributed by atoms with van der Waals surface area (Å²) in [6.07, 6.45) is 0. The van der Waals surface area contributed by atoms with E-state index >= 15 is 0 Å². The predicted molar refractivity (Wildman–Crippen MR) is 82.5 cm³/mol. The fourth-order valence-corrected chi connectivity index (χ4v) is 2.91. The lowest BCUT2D eigenvalue weighted by atomic mass is 10.1. The van der Waals surface area contributed by atoms with Crippen LogP contribution in [-0.2, 0) is 13.1 Å². The SMILES string of the molecule is CCn1c2ccccc2c2cc(CN(C)C)ccc21. The van der Waals surface area contributed by atoms with Crippen LogP contribution < -0.4 is 0 Å². The molecular formula is C17H20N2. The molecule has 0 spiro atoms. The van der Waals surface area contributed by atoms with Crippen molar-refractivity contribution in [1.29, 1.82) is 0 Å². The molecule has 0 saturated carbocycles. The van der Waals surface area contributed by atoms with Crippen LogP contribution in [0.3, 0.4) is 0 Å². The molecule has 3 aromatic rings. The van der Waals surface area contributed by atoms with Gasteiger partial charge in [-0.3, -0.25) is 0 Å². The largest absolute Gasteiger partial charge is 0.341 e. The molecule has 98 valence electrons. The van der Waals surface area contributed by atoms with Crippen molar-refractivity contribution in [1.82, 2.24) is 9.47 Å². The van der Waals surface area contributed by atoms with Crippen LogP contribution in [-0.4, -0.2) is 23.6 Å². The minimum absolute atomic E-state index is 0.988. The Morgan fingerprint density at radius 2 is 1.68 bits per heavy atom. The van der Waals surface area contributed by atoms with Gasteiger partial charge in [0.15, 0.2) is 0 Å². The van der Waals surface area contributed by atoms with Crippen LogP contribution in [0, 0.1) is 0 Å². The molecule has 2 heteroatoms. The van der Waals surface area contributed by atoms with Gasteiger partial charge in [-0.2, -0.15) is 0 Å². The van der Waals surface area contributed by atoms with Gasteiger partial charge in [0.25, 0.3) is 0 Å². The molecule has 0 aliphatic rings. The number of aromatic nitrogens is 1. The molecule has 0 atom stereocenters. The molecule has 1 heterocycles. The summed E-state index contributed by atoms with van der Waals surface area (Å²) >= 11 is 0. The van der Waals surface area contributed by atoms with Crippen molar-refractivity contribution in [3.8, 4) is 0 Å². The maximum Gasteiger partial charge on any atom is 0.0491 e. The van der Waals surface area contributed by atoms with Gasteiger partial charge in [0, 0.05) is 34.9 Å². The summed E-state index contributed by atoms with van der Waals surface area (Å²) in [5.41, 5.74) is 4.05. The number of fused-ring (bicyclic) bond motifs is 3. The van der Waals surface area contributed by atoms with Crippen molar-refractivity contribution in [2.24, 2.45) is 0 Å². The second-order valence-electron chi connectivity index (χ2n) is 5.35. The summed E-state index contributed by atoms with van der Waals surface area (Å²) in [6.45, 7) is 4.21. The fourth-order valence-electron chi connectivity index (χ4n) is 2.91. The summed E-state index contributed by atoms with van der Waals surface area (Å²) < 4.78 is 2.39. The van der Waals surface area contributed by atoms with Gasteiger partial charge in [0.2, 0.25) is 0 Å². The lowest BCUT2D eigenvalue weighted by molar-refractivity contribution is 0.403. The van der Waals surface area contributed by atoms with Gasteiger partial charge in [-0.25, -0.2) is 0 Å². The molecule has 2 aromatic carbocycles. The number of rotatable bonds is 3. The van der Waals surface area contributed by atoms with Crippen molar-refractivity contribution in [2.45, 2.75) is 20.0 Å². The van der Waals surface area contributed by atoms with Crippen LogP contribution in [0.2, 0.25) is 0 Å². The van der Waals surface area contributed by atoms with Crippen molar-refractivity contribution < 1.29 is 0 Å². The van der Waals surface area contributed by atoms with Crippen LogP contribution in [0.4, 0.5) is 0 Å². The van der Waals surface area contributed by atoms with Gasteiger partial charge in [-0.1, -0.05) is 24.3 Å². The summed E-state index contributed by atoms with van der Waals surface area (Å²) in [7, 11) is 4.22. The average molecular weight is 252 g/mol. The van der Waals surface area contributed by atoms with E-state index in [0.29, 0.717) is 0 Å². The van der Waals surface area contributed by atoms with E-state index in [1.165, 1.54) is 27.4 Å². The van der Waals surface area contributed by atoms with Gasteiger partial charge < -0.3 is 9.47 Å². The van der Waals surface area contributed by atoms with Gasteiger partial charge in [0.05, 0.1) is 0 Å². The first-order valence-electron chi connectivity index (χ1n) is 6.85. The van der Waals surface area contributed by atoms with Crippen LogP contribution in [0.5, 0.6) is 0 Å². The van der Waals surface area contributed by atoms with Crippen LogP contribution >= 0.6 is 0 Å². The quantitative estimate of drug-likeness (QED) is 0.687. The van der Waals surface area contributed by atoms with Gasteiger partial charge in [-0.05, 0) is 44.8 Å². The summed E-state index contributed by atoms with van der Waals surface area (Å²) in [4.78, 5) is 2.21. The Bertz CT molecular complexity index is 723. The predicted octanol–water partition coefficient (Wildman–Crippen LogP) is 3.88. The Balaban J connectivity index is 2.30. The molecule has 0 aliphatic heterocycles. The summed E-state index contributed by atoms with van der Waals surface area (Å²) in [5.74, 6) is 0. The molecule has 0 amide bonds. The Morgan fingerprint density at radius 3 is 2.42 bits per heavy atom. The van der Waals surface area contributed by atoms with Crippen LogP contribution in [0.1, 0.15) is 12.5 Å². The normalized spacial score (nSPS) is 11.8. The zero-order chi connectivity index (χ0) is 13.4. The third kappa shape index (κ3) is 2.02. The number of benzene rings is 2. The van der Waals surface area contributed by atoms with E-state index in [9.17, 15) is 0 Å². The molecule has 1 aromatic heterocycles. The van der Waals surface area contributed by atoms with Crippen molar-refractivity contribution >= 4 is 21.8 Å². The smallest absolute Gasteiger partial charge is 0.0491 e. The van der Waals surface area contributed by atoms with E-state index in [1.54, 1.807) is 0 Å². The first-order valence-corrected chi connectivity index (χ1v) is 6.85. The number of hydrogen-bond donors (Lipinski definition) is 0. The van der Waals surface area contributed by atoms with E-state index in [4.69, 9.17) is 0 Å². The van der Waals surface area contributed by atoms with E-state index in [1.807, 2.05) is 0 Å². The first-order chi connectivity index (χ1) is 9.20. The van der Waals surface area contributed by atoms with Gasteiger partial charge in [0.1, 0.15) is 0 Å². The maximum absolute atomic E-state index is 2.39. The highest BCUT2D eigenvalue weighted by Gasteiger charge is 2.09. The Kier molecular flexibility index (Phi) is 3.03.